The van der Waals surface area contributed by atoms with Crippen molar-refractivity contribution in [2.24, 2.45) is 11.3 Å². The predicted molar refractivity (Wildman–Crippen MR) is 132 cm³/mol. The van der Waals surface area contributed by atoms with Gasteiger partial charge in [-0.15, -0.1) is 0 Å². The van der Waals surface area contributed by atoms with Crippen LogP contribution in [0.15, 0.2) is 48.8 Å². The van der Waals surface area contributed by atoms with Crippen molar-refractivity contribution in [3.05, 3.63) is 65.6 Å². The summed E-state index contributed by atoms with van der Waals surface area (Å²) in [5, 5.41) is 24.7. The number of carboxylic acid groups (broad SMARTS) is 1. The Morgan fingerprint density at radius 1 is 1.17 bits per heavy atom. The highest BCUT2D eigenvalue weighted by Crippen LogP contribution is 2.53. The second kappa shape index (κ2) is 9.89. The standard InChI is InChI=1S/C27H30F2N4O3/c1-16-12-20(32-23(13-16)33-22-14-18(24(28)29)9-11-30-22)19-7-8-21(31-15-19)26(3,36)27(25(34)35)10-5-4-6-17(27)2/h7-9,11-15,17,24,36H,4-6,10H2,1-3H3,(H,34,35)(H,30,32,33). The lowest BCUT2D eigenvalue weighted by Crippen LogP contribution is -2.55. The summed E-state index contributed by atoms with van der Waals surface area (Å²) in [5.74, 6) is -0.529. The minimum Gasteiger partial charge on any atom is -0.481 e. The van der Waals surface area contributed by atoms with Gasteiger partial charge in [-0.1, -0.05) is 19.8 Å². The lowest BCUT2D eigenvalue weighted by atomic mass is 9.57. The van der Waals surface area contributed by atoms with Crippen molar-refractivity contribution >= 4 is 17.6 Å². The molecule has 3 atom stereocenters. The van der Waals surface area contributed by atoms with Gasteiger partial charge in [0, 0.05) is 23.5 Å². The maximum atomic E-state index is 13.0. The van der Waals surface area contributed by atoms with Gasteiger partial charge >= 0.3 is 5.97 Å². The van der Waals surface area contributed by atoms with Crippen LogP contribution < -0.4 is 5.32 Å². The molecule has 3 unspecified atom stereocenters. The fourth-order valence-corrected chi connectivity index (χ4v) is 5.32. The van der Waals surface area contributed by atoms with Gasteiger partial charge in [-0.2, -0.15) is 0 Å². The number of rotatable bonds is 7. The number of carbonyl (C=O) groups is 1. The number of nitrogens with one attached hydrogen (secondary N) is 1. The van der Waals surface area contributed by atoms with E-state index in [0.717, 1.165) is 24.8 Å². The van der Waals surface area contributed by atoms with Crippen molar-refractivity contribution < 1.29 is 23.8 Å². The number of anilines is 2. The largest absolute Gasteiger partial charge is 0.481 e. The van der Waals surface area contributed by atoms with Gasteiger partial charge in [0.15, 0.2) is 0 Å². The molecule has 3 aromatic heterocycles. The second-order valence-corrected chi connectivity index (χ2v) is 9.74. The number of hydrogen-bond acceptors (Lipinski definition) is 6. The molecule has 0 bridgehead atoms. The summed E-state index contributed by atoms with van der Waals surface area (Å²) >= 11 is 0. The van der Waals surface area contributed by atoms with Crippen molar-refractivity contribution in [2.45, 2.75) is 58.5 Å². The van der Waals surface area contributed by atoms with Crippen LogP contribution in [0.1, 0.15) is 62.8 Å². The Morgan fingerprint density at radius 2 is 1.94 bits per heavy atom. The van der Waals surface area contributed by atoms with Crippen LogP contribution in [0.3, 0.4) is 0 Å². The quantitative estimate of drug-likeness (QED) is 0.367. The van der Waals surface area contributed by atoms with Gasteiger partial charge in [-0.05, 0) is 74.6 Å². The highest BCUT2D eigenvalue weighted by atomic mass is 19.3. The minimum atomic E-state index is -2.60. The molecule has 0 spiro atoms. The Kier molecular flexibility index (Phi) is 7.04. The first-order chi connectivity index (χ1) is 17.0. The number of aliphatic hydroxyl groups is 1. The van der Waals surface area contributed by atoms with Crippen LogP contribution in [-0.4, -0.2) is 31.1 Å². The lowest BCUT2D eigenvalue weighted by Gasteiger charge is -2.48. The Hall–Kier alpha value is -3.46. The third kappa shape index (κ3) is 4.67. The van der Waals surface area contributed by atoms with Crippen LogP contribution in [0.4, 0.5) is 20.4 Å². The van der Waals surface area contributed by atoms with Gasteiger partial charge in [-0.3, -0.25) is 9.78 Å². The van der Waals surface area contributed by atoms with Gasteiger partial charge in [0.1, 0.15) is 22.7 Å². The topological polar surface area (TPSA) is 108 Å². The fraction of sp³-hybridized carbons (Fsp3) is 0.407. The second-order valence-electron chi connectivity index (χ2n) is 9.74. The predicted octanol–water partition coefficient (Wildman–Crippen LogP) is 6.02. The summed E-state index contributed by atoms with van der Waals surface area (Å²) in [6.45, 7) is 5.30. The summed E-state index contributed by atoms with van der Waals surface area (Å²) < 4.78 is 26.1. The summed E-state index contributed by atoms with van der Waals surface area (Å²) in [7, 11) is 0. The monoisotopic (exact) mass is 496 g/mol. The first-order valence-electron chi connectivity index (χ1n) is 12.0. The summed E-state index contributed by atoms with van der Waals surface area (Å²) in [4.78, 5) is 25.6. The first kappa shape index (κ1) is 25.6. The van der Waals surface area contributed by atoms with E-state index in [9.17, 15) is 23.8 Å². The van der Waals surface area contributed by atoms with Crippen LogP contribution in [0.25, 0.3) is 11.3 Å². The number of aliphatic carboxylic acids is 1. The maximum absolute atomic E-state index is 13.0. The molecule has 0 amide bonds. The van der Waals surface area contributed by atoms with E-state index in [0.29, 0.717) is 29.2 Å². The summed E-state index contributed by atoms with van der Waals surface area (Å²) in [6, 6.07) is 9.55. The molecule has 7 nitrogen and oxygen atoms in total. The number of nitrogens with zero attached hydrogens (tertiary/aromatic N) is 3. The molecular weight excluding hydrogens is 466 g/mol. The zero-order chi connectivity index (χ0) is 26.1. The normalized spacial score (nSPS) is 21.7. The highest BCUT2D eigenvalue weighted by Gasteiger charge is 2.58. The van der Waals surface area contributed by atoms with Crippen molar-refractivity contribution in [1.82, 2.24) is 15.0 Å². The molecule has 1 fully saturated rings. The van der Waals surface area contributed by atoms with E-state index >= 15 is 0 Å². The molecule has 3 aromatic rings. The molecule has 0 radical (unpaired) electrons. The van der Waals surface area contributed by atoms with Crippen molar-refractivity contribution in [3.8, 4) is 11.3 Å². The Morgan fingerprint density at radius 3 is 2.58 bits per heavy atom. The average Bonchev–Trinajstić information content (AvgIpc) is 2.84. The zero-order valence-corrected chi connectivity index (χ0v) is 20.5. The van der Waals surface area contributed by atoms with Crippen LogP contribution in [0.2, 0.25) is 0 Å². The molecule has 36 heavy (non-hydrogen) atoms. The molecule has 3 N–H and O–H groups in total. The van der Waals surface area contributed by atoms with Crippen LogP contribution in [0, 0.1) is 18.3 Å². The average molecular weight is 497 g/mol. The molecular formula is C27H30F2N4O3. The van der Waals surface area contributed by atoms with Crippen molar-refractivity contribution in [2.75, 3.05) is 5.32 Å². The van der Waals surface area contributed by atoms with Gasteiger partial charge in [0.05, 0.1) is 11.4 Å². The Balaban J connectivity index is 1.63. The SMILES string of the molecule is Cc1cc(Nc2cc(C(F)F)ccn2)nc(-c2ccc(C(C)(O)C3(C(=O)O)CCCCC3C)nc2)c1. The van der Waals surface area contributed by atoms with E-state index in [2.05, 4.69) is 20.3 Å². The number of carboxylic acids is 1. The van der Waals surface area contributed by atoms with Gasteiger partial charge in [0.2, 0.25) is 0 Å². The molecule has 0 aliphatic heterocycles. The number of hydrogen-bond donors (Lipinski definition) is 3. The van der Waals surface area contributed by atoms with E-state index in [1.807, 2.05) is 19.9 Å². The molecule has 1 saturated carbocycles. The van der Waals surface area contributed by atoms with Crippen LogP contribution in [0.5, 0.6) is 0 Å². The summed E-state index contributed by atoms with van der Waals surface area (Å²) in [6.07, 6.45) is 3.07. The third-order valence-electron chi connectivity index (χ3n) is 7.37. The number of pyridine rings is 3. The number of alkyl halides is 2. The summed E-state index contributed by atoms with van der Waals surface area (Å²) in [5.41, 5.74) is -0.704. The van der Waals surface area contributed by atoms with E-state index < -0.39 is 23.4 Å². The molecule has 190 valence electrons. The van der Waals surface area contributed by atoms with Crippen molar-refractivity contribution in [1.29, 1.82) is 0 Å². The maximum Gasteiger partial charge on any atom is 0.313 e. The minimum absolute atomic E-state index is 0.140. The Labute approximate surface area is 208 Å². The van der Waals surface area contributed by atoms with E-state index in [4.69, 9.17) is 0 Å². The first-order valence-corrected chi connectivity index (χ1v) is 12.0. The smallest absolute Gasteiger partial charge is 0.313 e. The fourth-order valence-electron chi connectivity index (χ4n) is 5.32. The van der Waals surface area contributed by atoms with E-state index in [-0.39, 0.29) is 17.3 Å². The molecule has 0 saturated heterocycles. The van der Waals surface area contributed by atoms with Crippen molar-refractivity contribution in [3.63, 3.8) is 0 Å². The third-order valence-corrected chi connectivity index (χ3v) is 7.37. The van der Waals surface area contributed by atoms with Gasteiger partial charge in [0.25, 0.3) is 6.43 Å². The van der Waals surface area contributed by atoms with E-state index in [1.54, 1.807) is 31.3 Å². The lowest BCUT2D eigenvalue weighted by molar-refractivity contribution is -0.184. The van der Waals surface area contributed by atoms with Crippen LogP contribution in [-0.2, 0) is 10.4 Å². The molecule has 1 aliphatic rings. The molecule has 1 aliphatic carbocycles. The molecule has 9 heteroatoms. The molecule has 0 aromatic carbocycles. The molecule has 3 heterocycles. The van der Waals surface area contributed by atoms with Gasteiger partial charge < -0.3 is 15.5 Å². The highest BCUT2D eigenvalue weighted by molar-refractivity contribution is 5.77. The molecule has 4 rings (SSSR count). The Bertz CT molecular complexity index is 1250. The zero-order valence-electron chi connectivity index (χ0n) is 20.5. The van der Waals surface area contributed by atoms with Crippen LogP contribution >= 0.6 is 0 Å². The number of aryl methyl sites for hydroxylation is 1. The number of halogens is 2. The van der Waals surface area contributed by atoms with Gasteiger partial charge in [-0.25, -0.2) is 18.7 Å². The van der Waals surface area contributed by atoms with E-state index in [1.165, 1.54) is 18.3 Å². The number of aromatic nitrogens is 3.